The fourth-order valence-corrected chi connectivity index (χ4v) is 3.41. The lowest BCUT2D eigenvalue weighted by atomic mass is 9.96. The minimum atomic E-state index is -0.433. The summed E-state index contributed by atoms with van der Waals surface area (Å²) >= 11 is 0. The minimum absolute atomic E-state index is 0.167. The fourth-order valence-electron chi connectivity index (χ4n) is 3.41. The van der Waals surface area contributed by atoms with Crippen LogP contribution in [0.3, 0.4) is 0 Å². The third kappa shape index (κ3) is 3.32. The van der Waals surface area contributed by atoms with Gasteiger partial charge in [-0.15, -0.1) is 0 Å². The number of carbonyl (C=O) groups is 1. The van der Waals surface area contributed by atoms with E-state index in [1.165, 1.54) is 11.1 Å². The van der Waals surface area contributed by atoms with Crippen LogP contribution in [0.5, 0.6) is 0 Å². The summed E-state index contributed by atoms with van der Waals surface area (Å²) in [6.07, 6.45) is 9.80. The Morgan fingerprint density at radius 3 is 2.68 bits per heavy atom. The van der Waals surface area contributed by atoms with Gasteiger partial charge in [-0.25, -0.2) is 4.79 Å². The van der Waals surface area contributed by atoms with Gasteiger partial charge in [0, 0.05) is 18.4 Å². The average molecular weight is 300 g/mol. The minimum Gasteiger partial charge on any atom is -0.444 e. The van der Waals surface area contributed by atoms with Gasteiger partial charge in [-0.05, 0) is 64.2 Å². The third-order valence-electron chi connectivity index (χ3n) is 4.26. The quantitative estimate of drug-likeness (QED) is 0.782. The number of ether oxygens (including phenoxy) is 1. The van der Waals surface area contributed by atoms with E-state index in [9.17, 15) is 4.79 Å². The van der Waals surface area contributed by atoms with E-state index in [4.69, 9.17) is 4.74 Å². The number of hydrogen-bond acceptors (Lipinski definition) is 3. The highest BCUT2D eigenvalue weighted by atomic mass is 16.6. The summed E-state index contributed by atoms with van der Waals surface area (Å²) in [5.41, 5.74) is 2.28. The molecular weight excluding hydrogens is 276 g/mol. The number of pyridine rings is 1. The summed E-state index contributed by atoms with van der Waals surface area (Å²) in [6, 6.07) is 4.61. The first kappa shape index (κ1) is 15.1. The molecule has 1 aromatic rings. The van der Waals surface area contributed by atoms with Crippen LogP contribution in [0.4, 0.5) is 4.79 Å². The molecule has 2 bridgehead atoms. The number of hydrogen-bond donors (Lipinski definition) is 0. The number of carbonyl (C=O) groups excluding carboxylic acids is 1. The van der Waals surface area contributed by atoms with Crippen LogP contribution < -0.4 is 0 Å². The highest BCUT2D eigenvalue weighted by molar-refractivity contribution is 5.70. The zero-order valence-electron chi connectivity index (χ0n) is 13.6. The van der Waals surface area contributed by atoms with Crippen LogP contribution >= 0.6 is 0 Å². The van der Waals surface area contributed by atoms with Crippen LogP contribution in [0, 0.1) is 0 Å². The molecule has 2 aliphatic rings. The highest BCUT2D eigenvalue weighted by Crippen LogP contribution is 2.36. The van der Waals surface area contributed by atoms with Gasteiger partial charge in [0.1, 0.15) is 5.60 Å². The second kappa shape index (κ2) is 5.75. The first-order valence-corrected chi connectivity index (χ1v) is 8.02. The summed E-state index contributed by atoms with van der Waals surface area (Å²) in [4.78, 5) is 18.4. The van der Waals surface area contributed by atoms with Crippen molar-refractivity contribution in [2.45, 2.75) is 64.1 Å². The molecule has 22 heavy (non-hydrogen) atoms. The Bertz CT molecular complexity index is 574. The van der Waals surface area contributed by atoms with E-state index in [0.29, 0.717) is 6.04 Å². The van der Waals surface area contributed by atoms with E-state index < -0.39 is 5.60 Å². The molecule has 4 heteroatoms. The normalized spacial score (nSPS) is 24.1. The van der Waals surface area contributed by atoms with Gasteiger partial charge in [-0.2, -0.15) is 0 Å². The Kier molecular flexibility index (Phi) is 3.94. The van der Waals surface area contributed by atoms with Crippen molar-refractivity contribution in [3.05, 3.63) is 41.7 Å². The smallest absolute Gasteiger partial charge is 0.411 e. The molecule has 4 nitrogen and oxygen atoms in total. The van der Waals surface area contributed by atoms with Gasteiger partial charge in [0.15, 0.2) is 0 Å². The molecule has 0 spiro atoms. The lowest BCUT2D eigenvalue weighted by Crippen LogP contribution is -2.45. The molecule has 3 heterocycles. The van der Waals surface area contributed by atoms with Crippen molar-refractivity contribution < 1.29 is 9.53 Å². The van der Waals surface area contributed by atoms with Gasteiger partial charge in [-0.1, -0.05) is 11.6 Å². The number of fused-ring (bicyclic) bond motifs is 2. The Morgan fingerprint density at radius 2 is 2.05 bits per heavy atom. The topological polar surface area (TPSA) is 42.4 Å². The fraction of sp³-hybridized carbons (Fsp3) is 0.556. The third-order valence-corrected chi connectivity index (χ3v) is 4.26. The second-order valence-corrected chi connectivity index (χ2v) is 7.25. The molecule has 2 atom stereocenters. The maximum atomic E-state index is 12.4. The van der Waals surface area contributed by atoms with E-state index in [1.54, 1.807) is 0 Å². The van der Waals surface area contributed by atoms with Gasteiger partial charge in [0.2, 0.25) is 0 Å². The Balaban J connectivity index is 1.71. The van der Waals surface area contributed by atoms with Gasteiger partial charge < -0.3 is 4.74 Å². The zero-order chi connectivity index (χ0) is 15.7. The van der Waals surface area contributed by atoms with Crippen LogP contribution in [-0.2, 0) is 11.2 Å². The molecule has 0 saturated carbocycles. The summed E-state index contributed by atoms with van der Waals surface area (Å²) in [7, 11) is 0. The Morgan fingerprint density at radius 1 is 1.32 bits per heavy atom. The lowest BCUT2D eigenvalue weighted by Gasteiger charge is -2.35. The molecule has 1 saturated heterocycles. The first-order valence-electron chi connectivity index (χ1n) is 8.02. The molecule has 118 valence electrons. The zero-order valence-corrected chi connectivity index (χ0v) is 13.6. The molecule has 1 amide bonds. The SMILES string of the molecule is CC(C)(C)OC(=O)N1C2C=C(Cc3ccncc3)CC1CC2. The molecule has 3 rings (SSSR count). The molecule has 0 radical (unpaired) electrons. The monoisotopic (exact) mass is 300 g/mol. The predicted octanol–water partition coefficient (Wildman–Crippen LogP) is 3.72. The number of nitrogens with zero attached hydrogens (tertiary/aromatic N) is 2. The molecule has 2 aliphatic heterocycles. The number of amides is 1. The first-order chi connectivity index (χ1) is 10.4. The van der Waals surface area contributed by atoms with Crippen molar-refractivity contribution in [2.75, 3.05) is 0 Å². The van der Waals surface area contributed by atoms with Gasteiger partial charge in [0.05, 0.1) is 6.04 Å². The van der Waals surface area contributed by atoms with Crippen molar-refractivity contribution in [2.24, 2.45) is 0 Å². The van der Waals surface area contributed by atoms with Crippen LogP contribution in [0.1, 0.15) is 45.6 Å². The highest BCUT2D eigenvalue weighted by Gasteiger charge is 2.41. The molecule has 0 aromatic carbocycles. The summed E-state index contributed by atoms with van der Waals surface area (Å²) < 4.78 is 5.56. The summed E-state index contributed by atoms with van der Waals surface area (Å²) in [6.45, 7) is 5.75. The molecule has 0 N–H and O–H groups in total. The second-order valence-electron chi connectivity index (χ2n) is 7.25. The van der Waals surface area contributed by atoms with Crippen molar-refractivity contribution in [1.29, 1.82) is 0 Å². The van der Waals surface area contributed by atoms with Crippen molar-refractivity contribution in [1.82, 2.24) is 9.88 Å². The summed E-state index contributed by atoms with van der Waals surface area (Å²) in [5, 5.41) is 0. The van der Waals surface area contributed by atoms with Crippen molar-refractivity contribution in [3.8, 4) is 0 Å². The lowest BCUT2D eigenvalue weighted by molar-refractivity contribution is 0.0166. The predicted molar refractivity (Wildman–Crippen MR) is 85.5 cm³/mol. The van der Waals surface area contributed by atoms with E-state index in [2.05, 4.69) is 23.2 Å². The molecule has 2 unspecified atom stereocenters. The van der Waals surface area contributed by atoms with E-state index in [-0.39, 0.29) is 12.1 Å². The number of aromatic nitrogens is 1. The van der Waals surface area contributed by atoms with Crippen LogP contribution in [0.15, 0.2) is 36.2 Å². The largest absolute Gasteiger partial charge is 0.444 e. The van der Waals surface area contributed by atoms with Gasteiger partial charge >= 0.3 is 6.09 Å². The summed E-state index contributed by atoms with van der Waals surface area (Å²) in [5.74, 6) is 0. The molecule has 0 aliphatic carbocycles. The van der Waals surface area contributed by atoms with Gasteiger partial charge in [0.25, 0.3) is 0 Å². The van der Waals surface area contributed by atoms with E-state index >= 15 is 0 Å². The van der Waals surface area contributed by atoms with E-state index in [1.807, 2.05) is 38.1 Å². The van der Waals surface area contributed by atoms with Crippen molar-refractivity contribution >= 4 is 6.09 Å². The number of rotatable bonds is 2. The van der Waals surface area contributed by atoms with Crippen LogP contribution in [0.25, 0.3) is 0 Å². The molecule has 1 fully saturated rings. The maximum Gasteiger partial charge on any atom is 0.411 e. The van der Waals surface area contributed by atoms with E-state index in [0.717, 1.165) is 25.7 Å². The van der Waals surface area contributed by atoms with Crippen LogP contribution in [0.2, 0.25) is 0 Å². The van der Waals surface area contributed by atoms with Crippen LogP contribution in [-0.4, -0.2) is 33.7 Å². The molecule has 1 aromatic heterocycles. The Hall–Kier alpha value is -1.84. The van der Waals surface area contributed by atoms with Gasteiger partial charge in [-0.3, -0.25) is 9.88 Å². The standard InChI is InChI=1S/C18H24N2O2/c1-18(2,3)22-17(21)20-15-4-5-16(20)12-14(11-15)10-13-6-8-19-9-7-13/h6-9,11,15-16H,4-5,10,12H2,1-3H3. The van der Waals surface area contributed by atoms with Crippen molar-refractivity contribution in [3.63, 3.8) is 0 Å². The Labute approximate surface area is 132 Å². The molecular formula is C18H24N2O2. The average Bonchev–Trinajstić information content (AvgIpc) is 2.70. The maximum absolute atomic E-state index is 12.4.